The molecule has 1 aromatic heterocycles. The van der Waals surface area contributed by atoms with Gasteiger partial charge in [0.05, 0.1) is 0 Å². The molecule has 0 saturated heterocycles. The van der Waals surface area contributed by atoms with Crippen molar-refractivity contribution in [1.29, 1.82) is 0 Å². The van der Waals surface area contributed by atoms with Gasteiger partial charge in [0.1, 0.15) is 0 Å². The first-order chi connectivity index (χ1) is 7.81. The Morgan fingerprint density at radius 1 is 1.25 bits per heavy atom. The van der Waals surface area contributed by atoms with Crippen LogP contribution >= 0.6 is 0 Å². The van der Waals surface area contributed by atoms with Crippen molar-refractivity contribution in [2.75, 3.05) is 0 Å². The summed E-state index contributed by atoms with van der Waals surface area (Å²) in [5.41, 5.74) is 8.61. The topological polar surface area (TPSA) is 41.8 Å². The molecule has 0 radical (unpaired) electrons. The molecule has 0 aliphatic rings. The third-order valence-corrected chi connectivity index (χ3v) is 3.13. The third-order valence-electron chi connectivity index (χ3n) is 3.13. The summed E-state index contributed by atoms with van der Waals surface area (Å²) in [6.07, 6.45) is 6.80. The van der Waals surface area contributed by atoms with E-state index in [2.05, 4.69) is 36.2 Å². The largest absolute Gasteiger partial charge is 0.361 e. The fourth-order valence-corrected chi connectivity index (χ4v) is 2.08. The molecule has 86 valence electrons. The predicted octanol–water partition coefficient (Wildman–Crippen LogP) is 3.75. The Balaban J connectivity index is 2.07. The first kappa shape index (κ1) is 11.2. The summed E-state index contributed by atoms with van der Waals surface area (Å²) in [5, 5.41) is 1.25. The fourth-order valence-electron chi connectivity index (χ4n) is 2.08. The van der Waals surface area contributed by atoms with E-state index in [0.717, 1.165) is 6.42 Å². The van der Waals surface area contributed by atoms with E-state index in [-0.39, 0.29) is 6.04 Å². The SMILES string of the molecule is CCCCC[C@H](N)c1ccc2cc[nH]c2c1. The molecule has 1 heterocycles. The van der Waals surface area contributed by atoms with E-state index in [1.165, 1.54) is 35.7 Å². The Kier molecular flexibility index (Phi) is 3.62. The lowest BCUT2D eigenvalue weighted by Gasteiger charge is -2.11. The van der Waals surface area contributed by atoms with Gasteiger partial charge in [0.25, 0.3) is 0 Å². The molecule has 16 heavy (non-hydrogen) atoms. The number of benzene rings is 1. The van der Waals surface area contributed by atoms with Crippen molar-refractivity contribution in [2.45, 2.75) is 38.6 Å². The lowest BCUT2D eigenvalue weighted by Crippen LogP contribution is -2.09. The molecule has 0 amide bonds. The molecule has 3 N–H and O–H groups in total. The molecule has 2 aromatic rings. The first-order valence-electron chi connectivity index (χ1n) is 6.14. The van der Waals surface area contributed by atoms with Gasteiger partial charge in [0.15, 0.2) is 0 Å². The van der Waals surface area contributed by atoms with Crippen LogP contribution in [0.4, 0.5) is 0 Å². The van der Waals surface area contributed by atoms with Crippen LogP contribution in [-0.2, 0) is 0 Å². The van der Waals surface area contributed by atoms with Gasteiger partial charge in [-0.3, -0.25) is 0 Å². The molecule has 2 heteroatoms. The number of nitrogens with two attached hydrogens (primary N) is 1. The number of hydrogen-bond donors (Lipinski definition) is 2. The first-order valence-corrected chi connectivity index (χ1v) is 6.14. The maximum absolute atomic E-state index is 6.18. The Hall–Kier alpha value is -1.28. The minimum absolute atomic E-state index is 0.180. The Labute approximate surface area is 96.9 Å². The second kappa shape index (κ2) is 5.17. The highest BCUT2D eigenvalue weighted by Crippen LogP contribution is 2.21. The van der Waals surface area contributed by atoms with Crippen molar-refractivity contribution in [2.24, 2.45) is 5.73 Å². The average Bonchev–Trinajstić information content (AvgIpc) is 2.76. The van der Waals surface area contributed by atoms with Gasteiger partial charge in [0, 0.05) is 17.8 Å². The van der Waals surface area contributed by atoms with Gasteiger partial charge in [-0.15, -0.1) is 0 Å². The molecule has 2 nitrogen and oxygen atoms in total. The number of aromatic amines is 1. The van der Waals surface area contributed by atoms with Crippen LogP contribution in [0.1, 0.15) is 44.2 Å². The van der Waals surface area contributed by atoms with Crippen LogP contribution < -0.4 is 5.73 Å². The number of H-pyrrole nitrogens is 1. The zero-order valence-corrected chi connectivity index (χ0v) is 9.87. The van der Waals surface area contributed by atoms with Gasteiger partial charge in [-0.2, -0.15) is 0 Å². The van der Waals surface area contributed by atoms with Crippen LogP contribution in [0.5, 0.6) is 0 Å². The predicted molar refractivity (Wildman–Crippen MR) is 69.4 cm³/mol. The summed E-state index contributed by atoms with van der Waals surface area (Å²) in [7, 11) is 0. The summed E-state index contributed by atoms with van der Waals surface area (Å²) in [6, 6.07) is 8.72. The molecular formula is C14H20N2. The Morgan fingerprint density at radius 2 is 2.12 bits per heavy atom. The van der Waals surface area contributed by atoms with Gasteiger partial charge >= 0.3 is 0 Å². The van der Waals surface area contributed by atoms with E-state index in [9.17, 15) is 0 Å². The van der Waals surface area contributed by atoms with Crippen LogP contribution in [0.25, 0.3) is 10.9 Å². The Bertz CT molecular complexity index is 445. The van der Waals surface area contributed by atoms with Gasteiger partial charge in [-0.05, 0) is 29.5 Å². The van der Waals surface area contributed by atoms with Crippen molar-refractivity contribution in [3.63, 3.8) is 0 Å². The van der Waals surface area contributed by atoms with E-state index in [1.807, 2.05) is 6.20 Å². The number of nitrogens with one attached hydrogen (secondary N) is 1. The summed E-state index contributed by atoms with van der Waals surface area (Å²) in [4.78, 5) is 3.23. The average molecular weight is 216 g/mol. The van der Waals surface area contributed by atoms with Crippen molar-refractivity contribution < 1.29 is 0 Å². The molecule has 2 rings (SSSR count). The lowest BCUT2D eigenvalue weighted by atomic mass is 10.0. The second-order valence-electron chi connectivity index (χ2n) is 4.43. The quantitative estimate of drug-likeness (QED) is 0.734. The molecular weight excluding hydrogens is 196 g/mol. The summed E-state index contributed by atoms with van der Waals surface area (Å²) in [6.45, 7) is 2.22. The zero-order valence-electron chi connectivity index (χ0n) is 9.87. The molecule has 0 saturated carbocycles. The number of hydrogen-bond acceptors (Lipinski definition) is 1. The third kappa shape index (κ3) is 2.45. The van der Waals surface area contributed by atoms with Gasteiger partial charge in [0.2, 0.25) is 0 Å². The smallest absolute Gasteiger partial charge is 0.0457 e. The van der Waals surface area contributed by atoms with Crippen LogP contribution in [0.3, 0.4) is 0 Å². The van der Waals surface area contributed by atoms with Gasteiger partial charge in [-0.1, -0.05) is 38.3 Å². The highest BCUT2D eigenvalue weighted by molar-refractivity contribution is 5.79. The normalized spacial score (nSPS) is 13.1. The minimum Gasteiger partial charge on any atom is -0.361 e. The number of rotatable bonds is 5. The van der Waals surface area contributed by atoms with E-state index in [4.69, 9.17) is 5.73 Å². The number of unbranched alkanes of at least 4 members (excludes halogenated alkanes) is 2. The van der Waals surface area contributed by atoms with E-state index in [1.54, 1.807) is 0 Å². The van der Waals surface area contributed by atoms with Crippen molar-refractivity contribution in [3.8, 4) is 0 Å². The molecule has 0 fully saturated rings. The van der Waals surface area contributed by atoms with E-state index < -0.39 is 0 Å². The summed E-state index contributed by atoms with van der Waals surface area (Å²) < 4.78 is 0. The minimum atomic E-state index is 0.180. The zero-order chi connectivity index (χ0) is 11.4. The van der Waals surface area contributed by atoms with Gasteiger partial charge < -0.3 is 10.7 Å². The highest BCUT2D eigenvalue weighted by atomic mass is 14.7. The lowest BCUT2D eigenvalue weighted by molar-refractivity contribution is 0.581. The molecule has 1 aromatic carbocycles. The number of aromatic nitrogens is 1. The molecule has 1 atom stereocenters. The number of fused-ring (bicyclic) bond motifs is 1. The van der Waals surface area contributed by atoms with Crippen molar-refractivity contribution in [3.05, 3.63) is 36.0 Å². The summed E-state index contributed by atoms with van der Waals surface area (Å²) in [5.74, 6) is 0. The second-order valence-corrected chi connectivity index (χ2v) is 4.43. The summed E-state index contributed by atoms with van der Waals surface area (Å²) >= 11 is 0. The van der Waals surface area contributed by atoms with E-state index in [0.29, 0.717) is 0 Å². The maximum Gasteiger partial charge on any atom is 0.0457 e. The van der Waals surface area contributed by atoms with Crippen molar-refractivity contribution in [1.82, 2.24) is 4.98 Å². The monoisotopic (exact) mass is 216 g/mol. The molecule has 0 aliphatic heterocycles. The highest BCUT2D eigenvalue weighted by Gasteiger charge is 2.06. The van der Waals surface area contributed by atoms with Crippen LogP contribution in [-0.4, -0.2) is 4.98 Å². The van der Waals surface area contributed by atoms with Gasteiger partial charge in [-0.25, -0.2) is 0 Å². The maximum atomic E-state index is 6.18. The molecule has 0 bridgehead atoms. The van der Waals surface area contributed by atoms with E-state index >= 15 is 0 Å². The Morgan fingerprint density at radius 3 is 2.94 bits per heavy atom. The molecule has 0 aliphatic carbocycles. The van der Waals surface area contributed by atoms with Crippen molar-refractivity contribution >= 4 is 10.9 Å². The molecule has 0 spiro atoms. The standard InChI is InChI=1S/C14H20N2/c1-2-3-4-5-13(15)12-7-6-11-8-9-16-14(11)10-12/h6-10,13,16H,2-5,15H2,1H3/t13-/m0/s1. The van der Waals surface area contributed by atoms with Crippen LogP contribution in [0.15, 0.2) is 30.5 Å². The molecule has 0 unspecified atom stereocenters. The van der Waals surface area contributed by atoms with Crippen LogP contribution in [0.2, 0.25) is 0 Å². The fraction of sp³-hybridized carbons (Fsp3) is 0.429. The van der Waals surface area contributed by atoms with Crippen LogP contribution in [0, 0.1) is 0 Å².